The van der Waals surface area contributed by atoms with Crippen LogP contribution >= 0.6 is 0 Å². The highest BCUT2D eigenvalue weighted by molar-refractivity contribution is 5.98. The van der Waals surface area contributed by atoms with Gasteiger partial charge >= 0.3 is 0 Å². The lowest BCUT2D eigenvalue weighted by atomic mass is 9.93. The Hall–Kier alpha value is -3.96. The van der Waals surface area contributed by atoms with Gasteiger partial charge in [0.05, 0.1) is 28.9 Å². The molecule has 1 atom stereocenters. The van der Waals surface area contributed by atoms with E-state index >= 15 is 0 Å². The summed E-state index contributed by atoms with van der Waals surface area (Å²) < 4.78 is 35.0. The standard InChI is InChI=1S/C27H23F2N5O/c1-15-3-5-21(28)26(29)25(15)19-11-20-22(9-17(19)12-30)31-32-27(20)16-4-6-23-24(10-16)35-14-18-13-33(2)7-8-34(18)23/h3-6,9-11,18H,7-8,13-14H2,1-2H3,(H,31,32). The third-order valence-electron chi connectivity index (χ3n) is 7.05. The van der Waals surface area contributed by atoms with Crippen molar-refractivity contribution in [2.45, 2.75) is 13.0 Å². The van der Waals surface area contributed by atoms with Crippen LogP contribution in [0.3, 0.4) is 0 Å². The fourth-order valence-corrected chi connectivity index (χ4v) is 5.23. The van der Waals surface area contributed by atoms with Crippen LogP contribution in [0.2, 0.25) is 0 Å². The number of benzene rings is 3. The van der Waals surface area contributed by atoms with Crippen molar-refractivity contribution in [2.24, 2.45) is 0 Å². The van der Waals surface area contributed by atoms with Crippen LogP contribution in [0.1, 0.15) is 11.1 Å². The smallest absolute Gasteiger partial charge is 0.166 e. The number of anilines is 1. The van der Waals surface area contributed by atoms with Crippen LogP contribution in [-0.4, -0.2) is 54.4 Å². The summed E-state index contributed by atoms with van der Waals surface area (Å²) in [5, 5.41) is 17.9. The number of halogens is 2. The van der Waals surface area contributed by atoms with Crippen LogP contribution in [-0.2, 0) is 0 Å². The highest BCUT2D eigenvalue weighted by atomic mass is 19.2. The van der Waals surface area contributed by atoms with E-state index in [0.29, 0.717) is 35.0 Å². The van der Waals surface area contributed by atoms with Crippen LogP contribution < -0.4 is 9.64 Å². The number of nitrogens with zero attached hydrogens (tertiary/aromatic N) is 4. The predicted octanol–water partition coefficient (Wildman–Crippen LogP) is 4.87. The van der Waals surface area contributed by atoms with Crippen molar-refractivity contribution < 1.29 is 13.5 Å². The third kappa shape index (κ3) is 3.43. The number of H-pyrrole nitrogens is 1. The largest absolute Gasteiger partial charge is 0.489 e. The van der Waals surface area contributed by atoms with Gasteiger partial charge in [-0.25, -0.2) is 8.78 Å². The molecule has 0 amide bonds. The lowest BCUT2D eigenvalue weighted by Crippen LogP contribution is -2.56. The topological polar surface area (TPSA) is 68.2 Å². The molecule has 3 aromatic carbocycles. The van der Waals surface area contributed by atoms with E-state index in [-0.39, 0.29) is 11.1 Å². The van der Waals surface area contributed by atoms with Gasteiger partial charge in [0.25, 0.3) is 0 Å². The maximum atomic E-state index is 14.8. The molecule has 3 heterocycles. The summed E-state index contributed by atoms with van der Waals surface area (Å²) in [6.45, 7) is 5.23. The Morgan fingerprint density at radius 2 is 2.00 bits per heavy atom. The molecule has 6 nitrogen and oxygen atoms in total. The Kier molecular flexibility index (Phi) is 4.97. The predicted molar refractivity (Wildman–Crippen MR) is 130 cm³/mol. The Bertz CT molecular complexity index is 1520. The van der Waals surface area contributed by atoms with Crippen molar-refractivity contribution in [3.05, 3.63) is 65.2 Å². The lowest BCUT2D eigenvalue weighted by Gasteiger charge is -2.44. The molecule has 4 aromatic rings. The van der Waals surface area contributed by atoms with E-state index in [1.807, 2.05) is 12.1 Å². The number of hydrogen-bond acceptors (Lipinski definition) is 5. The monoisotopic (exact) mass is 471 g/mol. The number of rotatable bonds is 2. The van der Waals surface area contributed by atoms with Crippen LogP contribution in [0.25, 0.3) is 33.3 Å². The van der Waals surface area contributed by atoms with Crippen LogP contribution in [0, 0.1) is 29.9 Å². The molecular formula is C27H23F2N5O. The first kappa shape index (κ1) is 21.6. The number of aromatic nitrogens is 2. The number of aryl methyl sites for hydroxylation is 1. The number of nitrogens with one attached hydrogen (secondary N) is 1. The lowest BCUT2D eigenvalue weighted by molar-refractivity contribution is 0.188. The number of likely N-dealkylation sites (N-methyl/N-ethyl adjacent to an activating group) is 1. The number of ether oxygens (including phenoxy) is 1. The second kappa shape index (κ2) is 8.07. The van der Waals surface area contributed by atoms with Crippen molar-refractivity contribution in [3.8, 4) is 34.2 Å². The molecule has 8 heteroatoms. The minimum Gasteiger partial charge on any atom is -0.489 e. The van der Waals surface area contributed by atoms with Gasteiger partial charge in [-0.2, -0.15) is 10.4 Å². The van der Waals surface area contributed by atoms with Gasteiger partial charge in [0.2, 0.25) is 0 Å². The fraction of sp³-hybridized carbons (Fsp3) is 0.259. The van der Waals surface area contributed by atoms with Crippen LogP contribution in [0.4, 0.5) is 14.5 Å². The third-order valence-corrected chi connectivity index (χ3v) is 7.05. The second-order valence-electron chi connectivity index (χ2n) is 9.28. The summed E-state index contributed by atoms with van der Waals surface area (Å²) in [6.07, 6.45) is 0. The molecule has 1 unspecified atom stereocenters. The average molecular weight is 472 g/mol. The van der Waals surface area contributed by atoms with Gasteiger partial charge in [0.1, 0.15) is 18.1 Å². The SMILES string of the molecule is Cc1ccc(F)c(F)c1-c1cc2c(-c3ccc4c(c3)OCC3CN(C)CCN43)n[nH]c2cc1C#N. The Morgan fingerprint density at radius 3 is 2.83 bits per heavy atom. The quantitative estimate of drug-likeness (QED) is 0.452. The molecule has 176 valence electrons. The van der Waals surface area contributed by atoms with E-state index in [2.05, 4.69) is 39.2 Å². The zero-order chi connectivity index (χ0) is 24.3. The molecule has 2 aliphatic rings. The first-order chi connectivity index (χ1) is 16.9. The molecule has 6 rings (SSSR count). The van der Waals surface area contributed by atoms with Crippen LogP contribution in [0.15, 0.2) is 42.5 Å². The number of hydrogen-bond donors (Lipinski definition) is 1. The molecule has 0 aliphatic carbocycles. The van der Waals surface area contributed by atoms with Crippen molar-refractivity contribution in [1.29, 1.82) is 5.26 Å². The van der Waals surface area contributed by atoms with Crippen molar-refractivity contribution >= 4 is 16.6 Å². The van der Waals surface area contributed by atoms with E-state index < -0.39 is 11.6 Å². The number of fused-ring (bicyclic) bond motifs is 4. The molecule has 0 spiro atoms. The summed E-state index contributed by atoms with van der Waals surface area (Å²) in [5.74, 6) is -1.11. The first-order valence-electron chi connectivity index (χ1n) is 11.5. The normalized spacial score (nSPS) is 17.6. The highest BCUT2D eigenvalue weighted by Crippen LogP contribution is 2.41. The molecule has 0 bridgehead atoms. The average Bonchev–Trinajstić information content (AvgIpc) is 3.28. The Labute approximate surface area is 201 Å². The molecule has 1 saturated heterocycles. The molecule has 1 aromatic heterocycles. The van der Waals surface area contributed by atoms with Gasteiger partial charge in [-0.05, 0) is 49.9 Å². The van der Waals surface area contributed by atoms with Gasteiger partial charge < -0.3 is 14.5 Å². The van der Waals surface area contributed by atoms with E-state index in [1.165, 1.54) is 6.07 Å². The molecule has 0 radical (unpaired) electrons. The van der Waals surface area contributed by atoms with Gasteiger partial charge in [-0.1, -0.05) is 12.1 Å². The summed E-state index contributed by atoms with van der Waals surface area (Å²) >= 11 is 0. The van der Waals surface area contributed by atoms with Crippen molar-refractivity contribution in [3.63, 3.8) is 0 Å². The van der Waals surface area contributed by atoms with Crippen molar-refractivity contribution in [2.75, 3.05) is 38.2 Å². The second-order valence-corrected chi connectivity index (χ2v) is 9.28. The minimum absolute atomic E-state index is 0.0884. The van der Waals surface area contributed by atoms with Gasteiger partial charge in [0, 0.05) is 41.7 Å². The Morgan fingerprint density at radius 1 is 1.14 bits per heavy atom. The minimum atomic E-state index is -0.963. The van der Waals surface area contributed by atoms with Crippen LogP contribution in [0.5, 0.6) is 5.75 Å². The van der Waals surface area contributed by atoms with E-state index in [9.17, 15) is 14.0 Å². The molecule has 35 heavy (non-hydrogen) atoms. The summed E-state index contributed by atoms with van der Waals surface area (Å²) in [7, 11) is 2.13. The maximum Gasteiger partial charge on any atom is 0.166 e. The first-order valence-corrected chi connectivity index (χ1v) is 11.5. The van der Waals surface area contributed by atoms with Gasteiger partial charge in [-0.3, -0.25) is 5.10 Å². The number of aromatic amines is 1. The molecule has 1 N–H and O–H groups in total. The highest BCUT2D eigenvalue weighted by Gasteiger charge is 2.32. The number of piperazine rings is 1. The Balaban J connectivity index is 1.47. The molecule has 1 fully saturated rings. The summed E-state index contributed by atoms with van der Waals surface area (Å²) in [6, 6.07) is 14.4. The van der Waals surface area contributed by atoms with Gasteiger partial charge in [0.15, 0.2) is 11.6 Å². The fourth-order valence-electron chi connectivity index (χ4n) is 5.23. The molecule has 0 saturated carbocycles. The summed E-state index contributed by atoms with van der Waals surface area (Å²) in [4.78, 5) is 4.72. The van der Waals surface area contributed by atoms with E-state index in [0.717, 1.165) is 48.1 Å². The molecular weight excluding hydrogens is 448 g/mol. The van der Waals surface area contributed by atoms with Crippen molar-refractivity contribution in [1.82, 2.24) is 15.1 Å². The zero-order valence-electron chi connectivity index (χ0n) is 19.4. The van der Waals surface area contributed by atoms with E-state index in [4.69, 9.17) is 4.74 Å². The number of nitriles is 1. The zero-order valence-corrected chi connectivity index (χ0v) is 19.4. The molecule has 2 aliphatic heterocycles. The maximum absolute atomic E-state index is 14.8. The van der Waals surface area contributed by atoms with E-state index in [1.54, 1.807) is 19.1 Å². The van der Waals surface area contributed by atoms with Gasteiger partial charge in [-0.15, -0.1) is 0 Å². The summed E-state index contributed by atoms with van der Waals surface area (Å²) in [5.41, 5.74) is 4.44.